The Morgan fingerprint density at radius 1 is 1.29 bits per heavy atom. The number of rotatable bonds is 4. The van der Waals surface area contributed by atoms with Gasteiger partial charge in [-0.2, -0.15) is 0 Å². The predicted molar refractivity (Wildman–Crippen MR) is 75.9 cm³/mol. The highest BCUT2D eigenvalue weighted by molar-refractivity contribution is 6.01. The Morgan fingerprint density at radius 2 is 2.00 bits per heavy atom. The fraction of sp³-hybridized carbons (Fsp3) is 0.467. The SMILES string of the molecule is COc1cccc(C(=O)N2CCCC2(C)C(=O)O)c1OC. The molecule has 1 aliphatic rings. The molecule has 1 heterocycles. The first-order valence-corrected chi connectivity index (χ1v) is 6.72. The van der Waals surface area contributed by atoms with Crippen LogP contribution in [0.25, 0.3) is 0 Å². The molecule has 21 heavy (non-hydrogen) atoms. The molecule has 0 bridgehead atoms. The molecule has 1 atom stereocenters. The van der Waals surface area contributed by atoms with E-state index in [4.69, 9.17) is 9.47 Å². The van der Waals surface area contributed by atoms with Gasteiger partial charge in [0.05, 0.1) is 19.8 Å². The Kier molecular flexibility index (Phi) is 4.06. The number of para-hydroxylation sites is 1. The number of nitrogens with zero attached hydrogens (tertiary/aromatic N) is 1. The average molecular weight is 293 g/mol. The van der Waals surface area contributed by atoms with E-state index in [0.29, 0.717) is 36.4 Å². The second kappa shape index (κ2) is 5.63. The molecule has 1 aliphatic heterocycles. The number of carboxylic acid groups (broad SMARTS) is 1. The van der Waals surface area contributed by atoms with Crippen molar-refractivity contribution in [2.24, 2.45) is 0 Å². The van der Waals surface area contributed by atoms with Crippen molar-refractivity contribution in [3.8, 4) is 11.5 Å². The van der Waals surface area contributed by atoms with Gasteiger partial charge in [0, 0.05) is 6.54 Å². The molecule has 1 amide bonds. The van der Waals surface area contributed by atoms with Crippen molar-refractivity contribution in [1.29, 1.82) is 0 Å². The van der Waals surface area contributed by atoms with Gasteiger partial charge in [-0.3, -0.25) is 4.79 Å². The minimum atomic E-state index is -1.18. The zero-order valence-electron chi connectivity index (χ0n) is 12.4. The highest BCUT2D eigenvalue weighted by Crippen LogP contribution is 2.36. The number of amides is 1. The molecule has 1 aromatic rings. The van der Waals surface area contributed by atoms with Crippen LogP contribution in [-0.2, 0) is 4.79 Å². The fourth-order valence-electron chi connectivity index (χ4n) is 2.71. The molecule has 0 aliphatic carbocycles. The van der Waals surface area contributed by atoms with E-state index < -0.39 is 11.5 Å². The van der Waals surface area contributed by atoms with Crippen molar-refractivity contribution in [3.63, 3.8) is 0 Å². The zero-order chi connectivity index (χ0) is 15.6. The van der Waals surface area contributed by atoms with Crippen molar-refractivity contribution >= 4 is 11.9 Å². The first kappa shape index (κ1) is 15.2. The van der Waals surface area contributed by atoms with E-state index in [-0.39, 0.29) is 5.91 Å². The largest absolute Gasteiger partial charge is 0.493 e. The van der Waals surface area contributed by atoms with Crippen LogP contribution in [0.15, 0.2) is 18.2 Å². The van der Waals surface area contributed by atoms with Crippen LogP contribution in [0.3, 0.4) is 0 Å². The molecular weight excluding hydrogens is 274 g/mol. The van der Waals surface area contributed by atoms with E-state index >= 15 is 0 Å². The topological polar surface area (TPSA) is 76.1 Å². The van der Waals surface area contributed by atoms with Crippen molar-refractivity contribution in [2.45, 2.75) is 25.3 Å². The van der Waals surface area contributed by atoms with Crippen molar-refractivity contribution in [1.82, 2.24) is 4.90 Å². The van der Waals surface area contributed by atoms with Gasteiger partial charge in [0.25, 0.3) is 5.91 Å². The van der Waals surface area contributed by atoms with Crippen LogP contribution in [0, 0.1) is 0 Å². The van der Waals surface area contributed by atoms with Crippen LogP contribution in [-0.4, -0.2) is 48.2 Å². The van der Waals surface area contributed by atoms with Crippen molar-refractivity contribution in [3.05, 3.63) is 23.8 Å². The first-order valence-electron chi connectivity index (χ1n) is 6.72. The molecular formula is C15H19NO5. The Labute approximate surface area is 123 Å². The Bertz CT molecular complexity index is 571. The standard InChI is InChI=1S/C15H19NO5/c1-15(14(18)19)8-5-9-16(15)13(17)10-6-4-7-11(20-2)12(10)21-3/h4,6-7H,5,8-9H2,1-3H3,(H,18,19). The lowest BCUT2D eigenvalue weighted by Gasteiger charge is -2.31. The molecule has 1 N–H and O–H groups in total. The number of carbonyl (C=O) groups is 2. The zero-order valence-corrected chi connectivity index (χ0v) is 12.4. The van der Waals surface area contributed by atoms with Gasteiger partial charge in [-0.1, -0.05) is 6.07 Å². The molecule has 0 radical (unpaired) electrons. The van der Waals surface area contributed by atoms with Gasteiger partial charge in [-0.05, 0) is 31.9 Å². The van der Waals surface area contributed by atoms with Gasteiger partial charge in [0.15, 0.2) is 11.5 Å². The lowest BCUT2D eigenvalue weighted by atomic mass is 9.98. The van der Waals surface area contributed by atoms with Crippen molar-refractivity contribution < 1.29 is 24.2 Å². The van der Waals surface area contributed by atoms with E-state index in [9.17, 15) is 14.7 Å². The van der Waals surface area contributed by atoms with Gasteiger partial charge in [-0.15, -0.1) is 0 Å². The normalized spacial score (nSPS) is 21.2. The summed E-state index contributed by atoms with van der Waals surface area (Å²) in [5, 5.41) is 9.42. The number of likely N-dealkylation sites (tertiary alicyclic amines) is 1. The Hall–Kier alpha value is -2.24. The molecule has 6 nitrogen and oxygen atoms in total. The molecule has 1 fully saturated rings. The number of ether oxygens (including phenoxy) is 2. The third kappa shape index (κ3) is 2.41. The van der Waals surface area contributed by atoms with E-state index in [2.05, 4.69) is 0 Å². The Balaban J connectivity index is 2.43. The second-order valence-electron chi connectivity index (χ2n) is 5.18. The number of carbonyl (C=O) groups excluding carboxylic acids is 1. The molecule has 0 spiro atoms. The van der Waals surface area contributed by atoms with Crippen LogP contribution in [0.4, 0.5) is 0 Å². The van der Waals surface area contributed by atoms with E-state index in [1.165, 1.54) is 19.1 Å². The van der Waals surface area contributed by atoms with Crippen LogP contribution in [0.1, 0.15) is 30.1 Å². The van der Waals surface area contributed by atoms with E-state index in [0.717, 1.165) is 0 Å². The summed E-state index contributed by atoms with van der Waals surface area (Å²) in [7, 11) is 2.94. The molecule has 0 aromatic heterocycles. The van der Waals surface area contributed by atoms with Crippen LogP contribution in [0.5, 0.6) is 11.5 Å². The van der Waals surface area contributed by atoms with Crippen LogP contribution in [0.2, 0.25) is 0 Å². The Morgan fingerprint density at radius 3 is 2.57 bits per heavy atom. The quantitative estimate of drug-likeness (QED) is 0.915. The number of hydrogen-bond acceptors (Lipinski definition) is 4. The minimum Gasteiger partial charge on any atom is -0.493 e. The number of hydrogen-bond donors (Lipinski definition) is 1. The number of methoxy groups -OCH3 is 2. The summed E-state index contributed by atoms with van der Waals surface area (Å²) in [5.74, 6) is -0.576. The number of carboxylic acids is 1. The monoisotopic (exact) mass is 293 g/mol. The van der Waals surface area contributed by atoms with Gasteiger partial charge >= 0.3 is 5.97 Å². The maximum Gasteiger partial charge on any atom is 0.329 e. The second-order valence-corrected chi connectivity index (χ2v) is 5.18. The lowest BCUT2D eigenvalue weighted by molar-refractivity contribution is -0.147. The third-order valence-electron chi connectivity index (χ3n) is 3.98. The highest BCUT2D eigenvalue weighted by Gasteiger charge is 2.46. The maximum absolute atomic E-state index is 12.7. The molecule has 114 valence electrons. The molecule has 1 unspecified atom stereocenters. The summed E-state index contributed by atoms with van der Waals surface area (Å²) in [6.45, 7) is 1.99. The number of benzene rings is 1. The molecule has 1 aromatic carbocycles. The maximum atomic E-state index is 12.7. The fourth-order valence-corrected chi connectivity index (χ4v) is 2.71. The molecule has 2 rings (SSSR count). The van der Waals surface area contributed by atoms with Crippen LogP contribution >= 0.6 is 0 Å². The first-order chi connectivity index (χ1) is 9.95. The highest BCUT2D eigenvalue weighted by atomic mass is 16.5. The molecule has 1 saturated heterocycles. The molecule has 0 saturated carbocycles. The summed E-state index contributed by atoms with van der Waals surface area (Å²) >= 11 is 0. The average Bonchev–Trinajstić information content (AvgIpc) is 2.88. The summed E-state index contributed by atoms with van der Waals surface area (Å²) in [6.07, 6.45) is 1.11. The summed E-state index contributed by atoms with van der Waals surface area (Å²) in [5.41, 5.74) is -0.864. The number of aliphatic carboxylic acids is 1. The predicted octanol–water partition coefficient (Wildman–Crippen LogP) is 1.78. The van der Waals surface area contributed by atoms with Gasteiger partial charge in [0.1, 0.15) is 5.54 Å². The van der Waals surface area contributed by atoms with Crippen molar-refractivity contribution in [2.75, 3.05) is 20.8 Å². The van der Waals surface area contributed by atoms with Gasteiger partial charge in [0.2, 0.25) is 0 Å². The minimum absolute atomic E-state index is 0.311. The third-order valence-corrected chi connectivity index (χ3v) is 3.98. The molecule has 6 heteroatoms. The summed E-state index contributed by atoms with van der Waals surface area (Å²) < 4.78 is 10.4. The summed E-state index contributed by atoms with van der Waals surface area (Å²) in [4.78, 5) is 25.6. The summed E-state index contributed by atoms with van der Waals surface area (Å²) in [6, 6.07) is 4.99. The van der Waals surface area contributed by atoms with Gasteiger partial charge in [-0.25, -0.2) is 4.79 Å². The lowest BCUT2D eigenvalue weighted by Crippen LogP contribution is -2.50. The van der Waals surface area contributed by atoms with Gasteiger partial charge < -0.3 is 19.5 Å². The van der Waals surface area contributed by atoms with Crippen LogP contribution < -0.4 is 9.47 Å². The smallest absolute Gasteiger partial charge is 0.329 e. The van der Waals surface area contributed by atoms with E-state index in [1.807, 2.05) is 0 Å². The van der Waals surface area contributed by atoms with E-state index in [1.54, 1.807) is 25.1 Å².